The zero-order chi connectivity index (χ0) is 14.7. The van der Waals surface area contributed by atoms with E-state index in [2.05, 4.69) is 10.2 Å². The van der Waals surface area contributed by atoms with Gasteiger partial charge in [0.05, 0.1) is 10.6 Å². The number of rotatable bonds is 4. The second-order valence-electron chi connectivity index (χ2n) is 4.35. The molecule has 1 heterocycles. The maximum Gasteiger partial charge on any atom is 0.269 e. The minimum Gasteiger partial charge on any atom is -0.284 e. The average Bonchev–Trinajstić information content (AvgIpc) is 3.03. The van der Waals surface area contributed by atoms with Crippen molar-refractivity contribution in [1.29, 1.82) is 0 Å². The van der Waals surface area contributed by atoms with Crippen molar-refractivity contribution in [3.63, 3.8) is 0 Å². The van der Waals surface area contributed by atoms with Crippen LogP contribution in [-0.4, -0.2) is 18.6 Å². The molecule has 3 rings (SSSR count). The van der Waals surface area contributed by atoms with E-state index in [-0.39, 0.29) is 4.90 Å². The summed E-state index contributed by atoms with van der Waals surface area (Å²) in [5, 5.41) is 6.65. The number of benzene rings is 2. The van der Waals surface area contributed by atoms with Gasteiger partial charge in [-0.3, -0.25) is 5.10 Å². The molecule has 6 heteroatoms. The minimum atomic E-state index is -3.73. The maximum atomic E-state index is 12.9. The molecule has 0 aliphatic heterocycles. The lowest BCUT2D eigenvalue weighted by atomic mass is 10.3. The van der Waals surface area contributed by atoms with Crippen LogP contribution in [0.25, 0.3) is 0 Å². The number of para-hydroxylation sites is 1. The molecule has 0 saturated carbocycles. The van der Waals surface area contributed by atoms with E-state index in [0.717, 1.165) is 0 Å². The number of anilines is 2. The molecule has 106 valence electrons. The van der Waals surface area contributed by atoms with Crippen LogP contribution in [0.3, 0.4) is 0 Å². The van der Waals surface area contributed by atoms with E-state index in [0.29, 0.717) is 11.5 Å². The first-order chi connectivity index (χ1) is 10.2. The Hall–Kier alpha value is -2.60. The second-order valence-corrected chi connectivity index (χ2v) is 6.14. The fourth-order valence-corrected chi connectivity index (χ4v) is 3.48. The molecule has 0 amide bonds. The van der Waals surface area contributed by atoms with Gasteiger partial charge >= 0.3 is 0 Å². The largest absolute Gasteiger partial charge is 0.284 e. The Kier molecular flexibility index (Phi) is 3.45. The highest BCUT2D eigenvalue weighted by Gasteiger charge is 2.27. The van der Waals surface area contributed by atoms with Crippen LogP contribution < -0.4 is 4.31 Å². The lowest BCUT2D eigenvalue weighted by Gasteiger charge is -2.22. The van der Waals surface area contributed by atoms with Gasteiger partial charge in [-0.2, -0.15) is 5.10 Å². The van der Waals surface area contributed by atoms with Crippen LogP contribution in [0.1, 0.15) is 0 Å². The van der Waals surface area contributed by atoms with E-state index in [1.807, 2.05) is 6.07 Å². The highest BCUT2D eigenvalue weighted by molar-refractivity contribution is 7.93. The van der Waals surface area contributed by atoms with E-state index in [1.54, 1.807) is 66.9 Å². The molecule has 0 atom stereocenters. The number of hydrogen-bond donors (Lipinski definition) is 1. The predicted molar refractivity (Wildman–Crippen MR) is 80.8 cm³/mol. The van der Waals surface area contributed by atoms with Crippen molar-refractivity contribution >= 4 is 21.5 Å². The number of nitrogens with one attached hydrogen (secondary N) is 1. The Bertz CT molecular complexity index is 801. The van der Waals surface area contributed by atoms with E-state index < -0.39 is 10.0 Å². The molecule has 21 heavy (non-hydrogen) atoms. The van der Waals surface area contributed by atoms with Crippen molar-refractivity contribution in [3.05, 3.63) is 72.9 Å². The monoisotopic (exact) mass is 299 g/mol. The lowest BCUT2D eigenvalue weighted by molar-refractivity contribution is 0.596. The molecule has 0 unspecified atom stereocenters. The molecule has 0 aliphatic carbocycles. The van der Waals surface area contributed by atoms with Gasteiger partial charge in [0, 0.05) is 12.3 Å². The zero-order valence-corrected chi connectivity index (χ0v) is 11.9. The van der Waals surface area contributed by atoms with Crippen LogP contribution in [0.4, 0.5) is 11.5 Å². The first kappa shape index (κ1) is 13.4. The van der Waals surface area contributed by atoms with Crippen molar-refractivity contribution in [2.45, 2.75) is 4.90 Å². The van der Waals surface area contributed by atoms with Crippen LogP contribution in [0.5, 0.6) is 0 Å². The number of H-pyrrole nitrogens is 1. The van der Waals surface area contributed by atoms with Crippen LogP contribution in [-0.2, 0) is 10.0 Å². The van der Waals surface area contributed by atoms with Gasteiger partial charge in [0.2, 0.25) is 0 Å². The van der Waals surface area contributed by atoms with Crippen molar-refractivity contribution < 1.29 is 8.42 Å². The third-order valence-electron chi connectivity index (χ3n) is 2.97. The van der Waals surface area contributed by atoms with E-state index in [4.69, 9.17) is 0 Å². The number of nitrogens with zero attached hydrogens (tertiary/aromatic N) is 2. The molecule has 0 saturated heterocycles. The maximum absolute atomic E-state index is 12.9. The summed E-state index contributed by atoms with van der Waals surface area (Å²) < 4.78 is 27.0. The second kappa shape index (κ2) is 5.41. The fraction of sp³-hybridized carbons (Fsp3) is 0. The summed E-state index contributed by atoms with van der Waals surface area (Å²) in [6.07, 6.45) is 1.59. The topological polar surface area (TPSA) is 66.1 Å². The molecular weight excluding hydrogens is 286 g/mol. The number of hydrogen-bond acceptors (Lipinski definition) is 3. The van der Waals surface area contributed by atoms with Gasteiger partial charge in [0.1, 0.15) is 0 Å². The third kappa shape index (κ3) is 2.53. The number of aromatic amines is 1. The summed E-state index contributed by atoms with van der Waals surface area (Å²) in [4.78, 5) is 0.219. The van der Waals surface area contributed by atoms with Crippen molar-refractivity contribution in [2.24, 2.45) is 0 Å². The van der Waals surface area contributed by atoms with Gasteiger partial charge in [-0.25, -0.2) is 12.7 Å². The smallest absolute Gasteiger partial charge is 0.269 e. The molecule has 1 N–H and O–H groups in total. The normalized spacial score (nSPS) is 11.2. The van der Waals surface area contributed by atoms with Gasteiger partial charge in [0.15, 0.2) is 5.82 Å². The van der Waals surface area contributed by atoms with Crippen LogP contribution in [0.15, 0.2) is 77.8 Å². The molecule has 0 spiro atoms. The highest BCUT2D eigenvalue weighted by Crippen LogP contribution is 2.30. The van der Waals surface area contributed by atoms with Gasteiger partial charge in [-0.15, -0.1) is 0 Å². The van der Waals surface area contributed by atoms with Gasteiger partial charge in [0.25, 0.3) is 10.0 Å². The summed E-state index contributed by atoms with van der Waals surface area (Å²) in [6.45, 7) is 0. The predicted octanol–water partition coefficient (Wildman–Crippen LogP) is 2.94. The molecule has 0 radical (unpaired) electrons. The molecule has 1 aromatic heterocycles. The number of aromatic nitrogens is 2. The van der Waals surface area contributed by atoms with Gasteiger partial charge in [-0.05, 0) is 24.3 Å². The average molecular weight is 299 g/mol. The van der Waals surface area contributed by atoms with E-state index >= 15 is 0 Å². The summed E-state index contributed by atoms with van der Waals surface area (Å²) in [5.74, 6) is 0.324. The van der Waals surface area contributed by atoms with Crippen LogP contribution in [0.2, 0.25) is 0 Å². The Morgan fingerprint density at radius 1 is 0.857 bits per heavy atom. The van der Waals surface area contributed by atoms with Crippen molar-refractivity contribution in [3.8, 4) is 0 Å². The summed E-state index contributed by atoms with van der Waals surface area (Å²) in [7, 11) is -3.73. The summed E-state index contributed by atoms with van der Waals surface area (Å²) in [6, 6.07) is 18.8. The Labute approximate surface area is 122 Å². The van der Waals surface area contributed by atoms with Crippen LogP contribution >= 0.6 is 0 Å². The summed E-state index contributed by atoms with van der Waals surface area (Å²) in [5.41, 5.74) is 0.536. The molecule has 2 aromatic carbocycles. The molecule has 3 aromatic rings. The molecule has 0 fully saturated rings. The molecular formula is C15H13N3O2S. The standard InChI is InChI=1S/C15H13N3O2S/c19-21(20,14-9-5-2-6-10-14)18(15-11-12-16-17-15)13-7-3-1-4-8-13/h1-12H,(H,16,17). The van der Waals surface area contributed by atoms with Crippen molar-refractivity contribution in [1.82, 2.24) is 10.2 Å². The molecule has 5 nitrogen and oxygen atoms in total. The Balaban J connectivity index is 2.17. The van der Waals surface area contributed by atoms with Crippen molar-refractivity contribution in [2.75, 3.05) is 4.31 Å². The Morgan fingerprint density at radius 3 is 2.05 bits per heavy atom. The van der Waals surface area contributed by atoms with Crippen LogP contribution in [0, 0.1) is 0 Å². The van der Waals surface area contributed by atoms with Gasteiger partial charge < -0.3 is 0 Å². The zero-order valence-electron chi connectivity index (χ0n) is 11.0. The third-order valence-corrected chi connectivity index (χ3v) is 4.71. The lowest BCUT2D eigenvalue weighted by Crippen LogP contribution is -2.26. The molecule has 0 aliphatic rings. The fourth-order valence-electron chi connectivity index (χ4n) is 2.02. The quantitative estimate of drug-likeness (QED) is 0.805. The Morgan fingerprint density at radius 2 is 1.48 bits per heavy atom. The highest BCUT2D eigenvalue weighted by atomic mass is 32.2. The summed E-state index contributed by atoms with van der Waals surface area (Å²) >= 11 is 0. The van der Waals surface area contributed by atoms with E-state index in [9.17, 15) is 8.42 Å². The van der Waals surface area contributed by atoms with Gasteiger partial charge in [-0.1, -0.05) is 36.4 Å². The first-order valence-electron chi connectivity index (χ1n) is 6.35. The number of sulfonamides is 1. The first-order valence-corrected chi connectivity index (χ1v) is 7.79. The minimum absolute atomic E-state index is 0.219. The SMILES string of the molecule is O=S(=O)(c1ccccc1)N(c1ccccc1)c1cc[nH]n1. The molecule has 0 bridgehead atoms. The van der Waals surface area contributed by atoms with E-state index in [1.165, 1.54) is 4.31 Å².